The van der Waals surface area contributed by atoms with Gasteiger partial charge in [0.15, 0.2) is 0 Å². The zero-order chi connectivity index (χ0) is 24.2. The number of aromatic nitrogens is 2. The van der Waals surface area contributed by atoms with E-state index in [-0.39, 0.29) is 29.5 Å². The highest BCUT2D eigenvalue weighted by Gasteiger charge is 2.32. The molecule has 2 atom stereocenters. The number of halogens is 2. The van der Waals surface area contributed by atoms with E-state index in [0.29, 0.717) is 24.0 Å². The van der Waals surface area contributed by atoms with Gasteiger partial charge in [-0.2, -0.15) is 10.2 Å². The van der Waals surface area contributed by atoms with Crippen LogP contribution >= 0.6 is 0 Å². The van der Waals surface area contributed by atoms with Crippen molar-refractivity contribution in [3.8, 4) is 17.3 Å². The van der Waals surface area contributed by atoms with Gasteiger partial charge in [-0.25, -0.2) is 13.8 Å². The van der Waals surface area contributed by atoms with E-state index in [0.717, 1.165) is 50.7 Å². The van der Waals surface area contributed by atoms with Crippen molar-refractivity contribution in [1.82, 2.24) is 15.3 Å². The number of anilines is 2. The van der Waals surface area contributed by atoms with Crippen LogP contribution in [-0.4, -0.2) is 41.6 Å². The fourth-order valence-electron chi connectivity index (χ4n) is 4.88. The highest BCUT2D eigenvalue weighted by atomic mass is 19.1. The Kier molecular flexibility index (Phi) is 7.25. The minimum Gasteiger partial charge on any atom is -0.357 e. The summed E-state index contributed by atoms with van der Waals surface area (Å²) >= 11 is 0. The first-order chi connectivity index (χ1) is 16.4. The Morgan fingerprint density at radius 1 is 1.09 bits per heavy atom. The number of benzene rings is 1. The van der Waals surface area contributed by atoms with Crippen LogP contribution in [0.25, 0.3) is 11.3 Å². The van der Waals surface area contributed by atoms with Crippen LogP contribution in [-0.2, 0) is 4.79 Å². The van der Waals surface area contributed by atoms with Gasteiger partial charge in [-0.05, 0) is 44.7 Å². The molecule has 7 nitrogen and oxygen atoms in total. The van der Waals surface area contributed by atoms with Gasteiger partial charge in [-0.1, -0.05) is 19.3 Å². The van der Waals surface area contributed by atoms with Gasteiger partial charge in [0, 0.05) is 37.3 Å². The molecule has 0 spiro atoms. The lowest BCUT2D eigenvalue weighted by atomic mass is 9.90. The standard InChI is InChI=1S/C25H30F2N6O/c1-15-8-9-16(24(34)30-18-6-4-3-5-7-18)14-33(15)23-12-22(31-25(29-2)32-23)17-10-20(26)19(13-28)21(27)11-17/h10-12,15-16,18H,3-9,14H2,1-2H3,(H,30,34)(H,29,31,32). The zero-order valence-corrected chi connectivity index (χ0v) is 19.6. The molecule has 2 heterocycles. The summed E-state index contributed by atoms with van der Waals surface area (Å²) in [6.07, 6.45) is 7.26. The number of nitrogens with zero attached hydrogens (tertiary/aromatic N) is 4. The molecule has 1 aliphatic carbocycles. The summed E-state index contributed by atoms with van der Waals surface area (Å²) in [6, 6.07) is 5.83. The van der Waals surface area contributed by atoms with Crippen LogP contribution in [0.5, 0.6) is 0 Å². The lowest BCUT2D eigenvalue weighted by Gasteiger charge is -2.39. The molecule has 1 aromatic carbocycles. The third-order valence-electron chi connectivity index (χ3n) is 6.88. The fraction of sp³-hybridized carbons (Fsp3) is 0.520. The Bertz CT molecular complexity index is 1070. The topological polar surface area (TPSA) is 93.9 Å². The molecule has 1 aromatic heterocycles. The number of nitriles is 1. The van der Waals surface area contributed by atoms with E-state index in [1.54, 1.807) is 13.1 Å². The second-order valence-electron chi connectivity index (χ2n) is 9.23. The van der Waals surface area contributed by atoms with Crippen molar-refractivity contribution in [3.63, 3.8) is 0 Å². The summed E-state index contributed by atoms with van der Waals surface area (Å²) in [5.74, 6) is -1.05. The highest BCUT2D eigenvalue weighted by molar-refractivity contribution is 5.80. The maximum atomic E-state index is 14.3. The van der Waals surface area contributed by atoms with Crippen LogP contribution in [0.2, 0.25) is 0 Å². The van der Waals surface area contributed by atoms with E-state index in [2.05, 4.69) is 32.4 Å². The number of nitrogens with one attached hydrogen (secondary N) is 2. The Labute approximate surface area is 198 Å². The van der Waals surface area contributed by atoms with Crippen molar-refractivity contribution >= 4 is 17.7 Å². The number of hydrogen-bond donors (Lipinski definition) is 2. The molecule has 9 heteroatoms. The Morgan fingerprint density at radius 2 is 1.79 bits per heavy atom. The highest BCUT2D eigenvalue weighted by Crippen LogP contribution is 2.31. The summed E-state index contributed by atoms with van der Waals surface area (Å²) < 4.78 is 28.5. The largest absolute Gasteiger partial charge is 0.357 e. The minimum atomic E-state index is -0.936. The third kappa shape index (κ3) is 5.11. The summed E-state index contributed by atoms with van der Waals surface area (Å²) in [7, 11) is 1.67. The average molecular weight is 469 g/mol. The van der Waals surface area contributed by atoms with Crippen molar-refractivity contribution in [2.45, 2.75) is 64.0 Å². The first-order valence-electron chi connectivity index (χ1n) is 11.9. The van der Waals surface area contributed by atoms with E-state index in [9.17, 15) is 13.6 Å². The van der Waals surface area contributed by atoms with Crippen LogP contribution in [0.1, 0.15) is 57.4 Å². The molecule has 0 radical (unpaired) electrons. The maximum absolute atomic E-state index is 14.3. The molecule has 2 unspecified atom stereocenters. The Balaban J connectivity index is 1.60. The average Bonchev–Trinajstić information content (AvgIpc) is 2.84. The van der Waals surface area contributed by atoms with Crippen LogP contribution in [0.15, 0.2) is 18.2 Å². The molecule has 1 saturated heterocycles. The molecule has 2 N–H and O–H groups in total. The van der Waals surface area contributed by atoms with Crippen LogP contribution in [0.4, 0.5) is 20.5 Å². The van der Waals surface area contributed by atoms with Crippen molar-refractivity contribution < 1.29 is 13.6 Å². The first kappa shape index (κ1) is 23.9. The van der Waals surface area contributed by atoms with Gasteiger partial charge in [0.2, 0.25) is 11.9 Å². The predicted molar refractivity (Wildman–Crippen MR) is 126 cm³/mol. The van der Waals surface area contributed by atoms with E-state index in [4.69, 9.17) is 5.26 Å². The normalized spacial score (nSPS) is 21.1. The Morgan fingerprint density at radius 3 is 2.44 bits per heavy atom. The van der Waals surface area contributed by atoms with Crippen LogP contribution in [0.3, 0.4) is 0 Å². The minimum absolute atomic E-state index is 0.0863. The molecular formula is C25H30F2N6O. The summed E-state index contributed by atoms with van der Waals surface area (Å²) in [5, 5.41) is 15.1. The van der Waals surface area contributed by atoms with Gasteiger partial charge >= 0.3 is 0 Å². The molecule has 1 aliphatic heterocycles. The summed E-state index contributed by atoms with van der Waals surface area (Å²) in [5.41, 5.74) is -0.0774. The molecule has 0 bridgehead atoms. The molecule has 180 valence electrons. The van der Waals surface area contributed by atoms with Gasteiger partial charge in [0.1, 0.15) is 29.1 Å². The quantitative estimate of drug-likeness (QED) is 0.676. The molecule has 2 aromatic rings. The van der Waals surface area contributed by atoms with Crippen LogP contribution < -0.4 is 15.5 Å². The predicted octanol–water partition coefficient (Wildman–Crippen LogP) is 4.39. The van der Waals surface area contributed by atoms with E-state index in [1.807, 2.05) is 0 Å². The van der Waals surface area contributed by atoms with Crippen molar-refractivity contribution in [1.29, 1.82) is 5.26 Å². The second-order valence-corrected chi connectivity index (χ2v) is 9.23. The number of amides is 1. The smallest absolute Gasteiger partial charge is 0.225 e. The third-order valence-corrected chi connectivity index (χ3v) is 6.88. The van der Waals surface area contributed by atoms with E-state index >= 15 is 0 Å². The van der Waals surface area contributed by atoms with Crippen molar-refractivity contribution in [2.24, 2.45) is 5.92 Å². The van der Waals surface area contributed by atoms with Gasteiger partial charge in [-0.15, -0.1) is 0 Å². The summed E-state index contributed by atoms with van der Waals surface area (Å²) in [4.78, 5) is 24.0. The van der Waals surface area contributed by atoms with E-state index < -0.39 is 17.2 Å². The zero-order valence-electron chi connectivity index (χ0n) is 19.6. The monoisotopic (exact) mass is 468 g/mol. The molecule has 2 aliphatic rings. The Hall–Kier alpha value is -3.28. The summed E-state index contributed by atoms with van der Waals surface area (Å²) in [6.45, 7) is 2.59. The molecule has 1 saturated carbocycles. The lowest BCUT2D eigenvalue weighted by Crippen LogP contribution is -2.49. The molecule has 34 heavy (non-hydrogen) atoms. The van der Waals surface area contributed by atoms with Gasteiger partial charge < -0.3 is 15.5 Å². The number of carbonyl (C=O) groups is 1. The van der Waals surface area contributed by atoms with Crippen molar-refractivity contribution in [2.75, 3.05) is 23.8 Å². The molecular weight excluding hydrogens is 438 g/mol. The van der Waals surface area contributed by atoms with Crippen molar-refractivity contribution in [3.05, 3.63) is 35.4 Å². The maximum Gasteiger partial charge on any atom is 0.225 e. The lowest BCUT2D eigenvalue weighted by molar-refractivity contribution is -0.126. The molecule has 1 amide bonds. The van der Waals surface area contributed by atoms with Gasteiger partial charge in [0.05, 0.1) is 11.6 Å². The number of piperidine rings is 1. The van der Waals surface area contributed by atoms with Gasteiger partial charge in [0.25, 0.3) is 0 Å². The first-order valence-corrected chi connectivity index (χ1v) is 11.9. The SMILES string of the molecule is CNc1nc(-c2cc(F)c(C#N)c(F)c2)cc(N2CC(C(=O)NC3CCCCC3)CCC2C)n1. The molecule has 2 fully saturated rings. The van der Waals surface area contributed by atoms with Crippen LogP contribution in [0, 0.1) is 28.9 Å². The number of rotatable bonds is 5. The van der Waals surface area contributed by atoms with Gasteiger partial charge in [-0.3, -0.25) is 4.79 Å². The number of hydrogen-bond acceptors (Lipinski definition) is 6. The number of carbonyl (C=O) groups excluding carboxylic acids is 1. The second kappa shape index (κ2) is 10.3. The molecule has 4 rings (SSSR count). The fourth-order valence-corrected chi connectivity index (χ4v) is 4.88. The van der Waals surface area contributed by atoms with E-state index in [1.165, 1.54) is 12.5 Å².